The van der Waals surface area contributed by atoms with Crippen molar-refractivity contribution in [2.75, 3.05) is 6.54 Å². The van der Waals surface area contributed by atoms with E-state index in [1.807, 2.05) is 0 Å². The number of aliphatic carboxylic acids is 1. The Morgan fingerprint density at radius 1 is 0.650 bits per heavy atom. The third-order valence-corrected chi connectivity index (χ3v) is 7.08. The third-order valence-electron chi connectivity index (χ3n) is 7.08. The van der Waals surface area contributed by atoms with Crippen molar-refractivity contribution in [1.82, 2.24) is 5.32 Å². The van der Waals surface area contributed by atoms with E-state index in [2.05, 4.69) is 43.5 Å². The fourth-order valence-corrected chi connectivity index (χ4v) is 4.59. The van der Waals surface area contributed by atoms with Crippen molar-refractivity contribution >= 4 is 17.8 Å². The van der Waals surface area contributed by atoms with Crippen LogP contribution >= 0.6 is 0 Å². The first-order valence-electron chi connectivity index (χ1n) is 16.5. The summed E-state index contributed by atoms with van der Waals surface area (Å²) in [5.41, 5.74) is 0. The largest absolute Gasteiger partial charge is 0.480 e. The van der Waals surface area contributed by atoms with Gasteiger partial charge in [-0.25, -0.2) is 0 Å². The zero-order valence-corrected chi connectivity index (χ0v) is 25.9. The summed E-state index contributed by atoms with van der Waals surface area (Å²) in [5.74, 6) is -1.34. The molecule has 0 rings (SSSR count). The number of allylic oxidation sites excluding steroid dienone is 3. The molecule has 0 aromatic rings. The predicted octanol–water partition coefficient (Wildman–Crippen LogP) is 9.22. The number of carboxylic acids is 1. The van der Waals surface area contributed by atoms with Crippen LogP contribution in [0.5, 0.6) is 0 Å². The minimum atomic E-state index is -1.03. The lowest BCUT2D eigenvalue weighted by Crippen LogP contribution is -2.28. The minimum absolute atomic E-state index is 0.0947. The zero-order chi connectivity index (χ0) is 29.5. The lowest BCUT2D eigenvalue weighted by atomic mass is 10.1. The van der Waals surface area contributed by atoms with Gasteiger partial charge in [0.25, 0.3) is 0 Å². The fraction of sp³-hybridized carbons (Fsp3) is 0.794. The fourth-order valence-electron chi connectivity index (χ4n) is 4.59. The number of hydrogen-bond donors (Lipinski definition) is 2. The third kappa shape index (κ3) is 28.9. The molecule has 0 fully saturated rings. The number of carboxylic acid groups (broad SMARTS) is 1. The number of amides is 1. The Bertz CT molecular complexity index is 673. The molecule has 232 valence electrons. The van der Waals surface area contributed by atoms with E-state index in [1.165, 1.54) is 83.5 Å². The van der Waals surface area contributed by atoms with E-state index in [0.717, 1.165) is 51.4 Å². The van der Waals surface area contributed by atoms with Gasteiger partial charge in [-0.3, -0.25) is 14.4 Å². The van der Waals surface area contributed by atoms with Crippen molar-refractivity contribution in [3.8, 4) is 0 Å². The van der Waals surface area contributed by atoms with Crippen LogP contribution in [0, 0.1) is 0 Å². The van der Waals surface area contributed by atoms with Crippen LogP contribution in [0.4, 0.5) is 0 Å². The average Bonchev–Trinajstić information content (AvgIpc) is 2.93. The monoisotopic (exact) mass is 563 g/mol. The summed E-state index contributed by atoms with van der Waals surface area (Å²) in [6.07, 6.45) is 33.0. The molecular formula is C34H61NO5. The first kappa shape index (κ1) is 37.9. The van der Waals surface area contributed by atoms with Gasteiger partial charge in [-0.15, -0.1) is 0 Å². The van der Waals surface area contributed by atoms with E-state index >= 15 is 0 Å². The topological polar surface area (TPSA) is 92.7 Å². The maximum absolute atomic E-state index is 12.5. The molecule has 0 aromatic carbocycles. The van der Waals surface area contributed by atoms with Crippen LogP contribution < -0.4 is 5.32 Å². The molecule has 2 N–H and O–H groups in total. The SMILES string of the molecule is CCCCC/C=C\CCCCCCCC(=O)OC(/C=C\CCCCCCC)CCCCCCC(=O)NCC(=O)O. The van der Waals surface area contributed by atoms with E-state index in [1.54, 1.807) is 0 Å². The number of carbonyl (C=O) groups excluding carboxylic acids is 2. The number of carbonyl (C=O) groups is 3. The second kappa shape index (κ2) is 29.9. The van der Waals surface area contributed by atoms with Gasteiger partial charge in [0.05, 0.1) is 0 Å². The summed E-state index contributed by atoms with van der Waals surface area (Å²) < 4.78 is 5.84. The molecule has 6 nitrogen and oxygen atoms in total. The van der Waals surface area contributed by atoms with Crippen molar-refractivity contribution in [3.63, 3.8) is 0 Å². The normalized spacial score (nSPS) is 12.2. The second-order valence-corrected chi connectivity index (χ2v) is 11.1. The smallest absolute Gasteiger partial charge is 0.322 e. The summed E-state index contributed by atoms with van der Waals surface area (Å²) in [4.78, 5) is 34.7. The Labute approximate surface area is 245 Å². The summed E-state index contributed by atoms with van der Waals surface area (Å²) in [7, 11) is 0. The molecule has 0 aliphatic heterocycles. The lowest BCUT2D eigenvalue weighted by molar-refractivity contribution is -0.147. The van der Waals surface area contributed by atoms with E-state index in [4.69, 9.17) is 9.84 Å². The highest BCUT2D eigenvalue weighted by atomic mass is 16.5. The number of hydrogen-bond acceptors (Lipinski definition) is 4. The van der Waals surface area contributed by atoms with Gasteiger partial charge in [0.1, 0.15) is 12.6 Å². The first-order chi connectivity index (χ1) is 19.5. The maximum atomic E-state index is 12.5. The molecule has 0 bridgehead atoms. The molecule has 1 amide bonds. The number of esters is 1. The molecule has 0 spiro atoms. The molecular weight excluding hydrogens is 502 g/mol. The number of rotatable bonds is 29. The highest BCUT2D eigenvalue weighted by molar-refractivity contribution is 5.80. The number of nitrogens with one attached hydrogen (secondary N) is 1. The van der Waals surface area contributed by atoms with E-state index < -0.39 is 5.97 Å². The quantitative estimate of drug-likeness (QED) is 0.0537. The van der Waals surface area contributed by atoms with Gasteiger partial charge in [0.2, 0.25) is 5.91 Å². The van der Waals surface area contributed by atoms with E-state index in [9.17, 15) is 14.4 Å². The van der Waals surface area contributed by atoms with Crippen molar-refractivity contribution < 1.29 is 24.2 Å². The number of ether oxygens (including phenoxy) is 1. The molecule has 0 saturated heterocycles. The average molecular weight is 564 g/mol. The molecule has 6 heteroatoms. The Hall–Kier alpha value is -2.11. The molecule has 0 heterocycles. The Balaban J connectivity index is 4.18. The molecule has 0 saturated carbocycles. The Morgan fingerprint density at radius 3 is 1.80 bits per heavy atom. The van der Waals surface area contributed by atoms with E-state index in [-0.39, 0.29) is 24.5 Å². The predicted molar refractivity (Wildman–Crippen MR) is 166 cm³/mol. The minimum Gasteiger partial charge on any atom is -0.480 e. The van der Waals surface area contributed by atoms with Crippen LogP contribution in [0.3, 0.4) is 0 Å². The molecule has 1 atom stereocenters. The molecule has 0 aromatic heterocycles. The van der Waals surface area contributed by atoms with Gasteiger partial charge in [0.15, 0.2) is 0 Å². The molecule has 40 heavy (non-hydrogen) atoms. The van der Waals surface area contributed by atoms with Crippen molar-refractivity contribution in [1.29, 1.82) is 0 Å². The maximum Gasteiger partial charge on any atom is 0.322 e. The Kier molecular flexibility index (Phi) is 28.3. The van der Waals surface area contributed by atoms with Crippen LogP contribution in [0.15, 0.2) is 24.3 Å². The summed E-state index contributed by atoms with van der Waals surface area (Å²) in [5, 5.41) is 11.0. The summed E-state index contributed by atoms with van der Waals surface area (Å²) in [6.45, 7) is 4.14. The van der Waals surface area contributed by atoms with Crippen LogP contribution in [0.1, 0.15) is 162 Å². The molecule has 1 unspecified atom stereocenters. The van der Waals surface area contributed by atoms with Gasteiger partial charge in [-0.1, -0.05) is 103 Å². The van der Waals surface area contributed by atoms with Crippen molar-refractivity contribution in [2.24, 2.45) is 0 Å². The van der Waals surface area contributed by atoms with Crippen LogP contribution in [-0.4, -0.2) is 35.6 Å². The lowest BCUT2D eigenvalue weighted by Gasteiger charge is -2.15. The van der Waals surface area contributed by atoms with Gasteiger partial charge < -0.3 is 15.2 Å². The van der Waals surface area contributed by atoms with Gasteiger partial charge >= 0.3 is 11.9 Å². The molecule has 0 aliphatic rings. The summed E-state index contributed by atoms with van der Waals surface area (Å²) in [6, 6.07) is 0. The van der Waals surface area contributed by atoms with E-state index in [0.29, 0.717) is 12.8 Å². The molecule has 0 radical (unpaired) electrons. The van der Waals surface area contributed by atoms with Crippen molar-refractivity contribution in [3.05, 3.63) is 24.3 Å². The molecule has 0 aliphatic carbocycles. The first-order valence-corrected chi connectivity index (χ1v) is 16.5. The van der Waals surface area contributed by atoms with Crippen LogP contribution in [0.25, 0.3) is 0 Å². The Morgan fingerprint density at radius 2 is 1.15 bits per heavy atom. The standard InChI is InChI=1S/C34H61NO5/c1-3-5-7-9-11-12-13-14-15-17-19-25-29-34(39)40-31(26-22-18-16-10-8-6-4-2)27-23-20-21-24-28-32(36)35-30-33(37)38/h11-12,22,26,31H,3-10,13-21,23-25,27-30H2,1-2H3,(H,35,36)(H,37,38)/b12-11-,26-22-. The zero-order valence-electron chi connectivity index (χ0n) is 25.9. The van der Waals surface area contributed by atoms with Crippen molar-refractivity contribution in [2.45, 2.75) is 168 Å². The van der Waals surface area contributed by atoms with Crippen LogP contribution in [0.2, 0.25) is 0 Å². The number of unbranched alkanes of at least 4 members (excludes halogenated alkanes) is 16. The van der Waals surface area contributed by atoms with Crippen LogP contribution in [-0.2, 0) is 19.1 Å². The highest BCUT2D eigenvalue weighted by Crippen LogP contribution is 2.15. The van der Waals surface area contributed by atoms with Gasteiger partial charge in [-0.2, -0.15) is 0 Å². The van der Waals surface area contributed by atoms with Gasteiger partial charge in [-0.05, 0) is 70.3 Å². The summed E-state index contributed by atoms with van der Waals surface area (Å²) >= 11 is 0. The highest BCUT2D eigenvalue weighted by Gasteiger charge is 2.12. The second-order valence-electron chi connectivity index (χ2n) is 11.1. The van der Waals surface area contributed by atoms with Gasteiger partial charge in [0, 0.05) is 12.8 Å².